The molecule has 1 aromatic carbocycles. The van der Waals surface area contributed by atoms with E-state index in [1.54, 1.807) is 0 Å². The van der Waals surface area contributed by atoms with E-state index < -0.39 is 0 Å². The van der Waals surface area contributed by atoms with Gasteiger partial charge >= 0.3 is 0 Å². The Labute approximate surface area is 160 Å². The number of aliphatic hydroxyl groups excluding tert-OH is 1. The highest BCUT2D eigenvalue weighted by atomic mass is 16.5. The van der Waals surface area contributed by atoms with Gasteiger partial charge < -0.3 is 14.6 Å². The molecule has 27 heavy (non-hydrogen) atoms. The molecule has 0 spiro atoms. The van der Waals surface area contributed by atoms with Gasteiger partial charge in [0.05, 0.1) is 37.1 Å². The molecule has 4 rings (SSSR count). The number of pyridine rings is 1. The number of hydrogen-bond acceptors (Lipinski definition) is 6. The van der Waals surface area contributed by atoms with E-state index in [4.69, 9.17) is 14.5 Å². The molecule has 2 aliphatic rings. The third-order valence-electron chi connectivity index (χ3n) is 5.56. The lowest BCUT2D eigenvalue weighted by Crippen LogP contribution is -2.56. The second kappa shape index (κ2) is 8.52. The first-order valence-corrected chi connectivity index (χ1v) is 9.97. The standard InChI is InChI=1S/C21H29N3O3/c1-2-27-18-5-6-19-16(13-18)3-4-17(22-19)14-23-8-7-20(21(25)15-23)24-9-11-26-12-10-24/h3-6,13,20-21,25H,2,7-12,14-15H2,1H3/t20-,21-/m1/s1. The highest BCUT2D eigenvalue weighted by Gasteiger charge is 2.32. The van der Waals surface area contributed by atoms with Crippen LogP contribution in [0.15, 0.2) is 30.3 Å². The average Bonchev–Trinajstić information content (AvgIpc) is 2.69. The minimum absolute atomic E-state index is 0.256. The van der Waals surface area contributed by atoms with Gasteiger partial charge in [0.1, 0.15) is 5.75 Å². The molecule has 0 radical (unpaired) electrons. The Bertz CT molecular complexity index is 763. The van der Waals surface area contributed by atoms with Crippen molar-refractivity contribution in [3.05, 3.63) is 36.0 Å². The fourth-order valence-electron chi connectivity index (χ4n) is 4.18. The van der Waals surface area contributed by atoms with Crippen LogP contribution in [0.25, 0.3) is 10.9 Å². The van der Waals surface area contributed by atoms with Crippen LogP contribution in [-0.2, 0) is 11.3 Å². The summed E-state index contributed by atoms with van der Waals surface area (Å²) in [6.45, 7) is 8.53. The summed E-state index contributed by atoms with van der Waals surface area (Å²) in [5.41, 5.74) is 2.03. The Morgan fingerprint density at radius 1 is 1.19 bits per heavy atom. The number of nitrogens with zero attached hydrogens (tertiary/aromatic N) is 3. The van der Waals surface area contributed by atoms with Gasteiger partial charge in [-0.15, -0.1) is 0 Å². The van der Waals surface area contributed by atoms with Crippen LogP contribution in [0.4, 0.5) is 0 Å². The number of rotatable bonds is 5. The molecule has 0 amide bonds. The van der Waals surface area contributed by atoms with Gasteiger partial charge in [0.2, 0.25) is 0 Å². The maximum absolute atomic E-state index is 10.7. The number of likely N-dealkylation sites (tertiary alicyclic amines) is 1. The van der Waals surface area contributed by atoms with Gasteiger partial charge in [0.25, 0.3) is 0 Å². The average molecular weight is 371 g/mol. The summed E-state index contributed by atoms with van der Waals surface area (Å²) in [6.07, 6.45) is 0.679. The normalized spacial score (nSPS) is 25.0. The molecule has 6 heteroatoms. The summed E-state index contributed by atoms with van der Waals surface area (Å²) < 4.78 is 11.0. The highest BCUT2D eigenvalue weighted by Crippen LogP contribution is 2.22. The van der Waals surface area contributed by atoms with E-state index >= 15 is 0 Å². The van der Waals surface area contributed by atoms with Gasteiger partial charge in [-0.3, -0.25) is 14.8 Å². The zero-order chi connectivity index (χ0) is 18.6. The molecule has 1 N–H and O–H groups in total. The van der Waals surface area contributed by atoms with E-state index in [1.807, 2.05) is 25.1 Å². The molecule has 1 aromatic heterocycles. The number of aliphatic hydroxyl groups is 1. The van der Waals surface area contributed by atoms with E-state index in [0.717, 1.165) is 68.2 Å². The van der Waals surface area contributed by atoms with Crippen LogP contribution >= 0.6 is 0 Å². The first-order chi connectivity index (χ1) is 13.2. The van der Waals surface area contributed by atoms with Crippen LogP contribution < -0.4 is 4.74 Å². The number of benzene rings is 1. The number of piperidine rings is 1. The van der Waals surface area contributed by atoms with Gasteiger partial charge in [-0.25, -0.2) is 0 Å². The van der Waals surface area contributed by atoms with Crippen LogP contribution in [0, 0.1) is 0 Å². The number of fused-ring (bicyclic) bond motifs is 1. The van der Waals surface area contributed by atoms with Gasteiger partial charge in [0.15, 0.2) is 0 Å². The van der Waals surface area contributed by atoms with Crippen molar-refractivity contribution in [2.24, 2.45) is 0 Å². The van der Waals surface area contributed by atoms with Crippen molar-refractivity contribution < 1.29 is 14.6 Å². The second-order valence-electron chi connectivity index (χ2n) is 7.40. The molecule has 146 valence electrons. The summed E-state index contributed by atoms with van der Waals surface area (Å²) >= 11 is 0. The molecular weight excluding hydrogens is 342 g/mol. The van der Waals surface area contributed by atoms with Gasteiger partial charge in [0, 0.05) is 44.2 Å². The number of β-amino-alcohol motifs (C(OH)–C–C–N with tert-alkyl or cyclic N) is 1. The fraction of sp³-hybridized carbons (Fsp3) is 0.571. The second-order valence-corrected chi connectivity index (χ2v) is 7.40. The maximum Gasteiger partial charge on any atom is 0.120 e. The van der Waals surface area contributed by atoms with Gasteiger partial charge in [-0.1, -0.05) is 6.07 Å². The molecule has 2 aromatic rings. The molecule has 0 unspecified atom stereocenters. The molecule has 0 saturated carbocycles. The highest BCUT2D eigenvalue weighted by molar-refractivity contribution is 5.80. The first kappa shape index (κ1) is 18.6. The molecule has 0 bridgehead atoms. The summed E-state index contributed by atoms with van der Waals surface area (Å²) in [5, 5.41) is 11.8. The number of hydrogen-bond donors (Lipinski definition) is 1. The molecule has 2 saturated heterocycles. The molecule has 2 atom stereocenters. The SMILES string of the molecule is CCOc1ccc2nc(CN3CC[C@@H](N4CCOCC4)[C@H](O)C3)ccc2c1. The number of ether oxygens (including phenoxy) is 2. The maximum atomic E-state index is 10.7. The lowest BCUT2D eigenvalue weighted by molar-refractivity contribution is -0.0535. The lowest BCUT2D eigenvalue weighted by Gasteiger charge is -2.42. The minimum Gasteiger partial charge on any atom is -0.494 e. The van der Waals surface area contributed by atoms with Crippen LogP contribution in [0.1, 0.15) is 19.0 Å². The summed E-state index contributed by atoms with van der Waals surface area (Å²) in [5.74, 6) is 0.882. The zero-order valence-corrected chi connectivity index (χ0v) is 16.0. The van der Waals surface area contributed by atoms with E-state index in [2.05, 4.69) is 21.9 Å². The van der Waals surface area contributed by atoms with Crippen LogP contribution in [-0.4, -0.2) is 78.0 Å². The van der Waals surface area contributed by atoms with Crippen LogP contribution in [0.2, 0.25) is 0 Å². The Hall–Kier alpha value is -1.73. The molecule has 0 aliphatic carbocycles. The van der Waals surface area contributed by atoms with Gasteiger partial charge in [-0.2, -0.15) is 0 Å². The first-order valence-electron chi connectivity index (χ1n) is 9.97. The summed E-state index contributed by atoms with van der Waals surface area (Å²) in [4.78, 5) is 9.49. The topological polar surface area (TPSA) is 58.1 Å². The quantitative estimate of drug-likeness (QED) is 0.866. The molecule has 3 heterocycles. The van der Waals surface area contributed by atoms with E-state index in [9.17, 15) is 5.11 Å². The predicted molar refractivity (Wildman–Crippen MR) is 105 cm³/mol. The zero-order valence-electron chi connectivity index (χ0n) is 16.0. The van der Waals surface area contributed by atoms with Gasteiger partial charge in [-0.05, 0) is 37.6 Å². The van der Waals surface area contributed by atoms with Crippen molar-refractivity contribution in [2.75, 3.05) is 46.0 Å². The largest absolute Gasteiger partial charge is 0.494 e. The number of aromatic nitrogens is 1. The molecular formula is C21H29N3O3. The van der Waals surface area contributed by atoms with Crippen molar-refractivity contribution in [2.45, 2.75) is 32.0 Å². The third-order valence-corrected chi connectivity index (χ3v) is 5.56. The third kappa shape index (κ3) is 4.41. The van der Waals surface area contributed by atoms with Crippen molar-refractivity contribution in [3.63, 3.8) is 0 Å². The van der Waals surface area contributed by atoms with Crippen molar-refractivity contribution >= 4 is 10.9 Å². The van der Waals surface area contributed by atoms with Crippen molar-refractivity contribution in [1.82, 2.24) is 14.8 Å². The molecule has 6 nitrogen and oxygen atoms in total. The smallest absolute Gasteiger partial charge is 0.120 e. The van der Waals surface area contributed by atoms with E-state index in [0.29, 0.717) is 13.2 Å². The van der Waals surface area contributed by atoms with E-state index in [-0.39, 0.29) is 12.1 Å². The molecule has 2 fully saturated rings. The monoisotopic (exact) mass is 371 g/mol. The minimum atomic E-state index is -0.314. The van der Waals surface area contributed by atoms with E-state index in [1.165, 1.54) is 0 Å². The predicted octanol–water partition coefficient (Wildman–Crippen LogP) is 1.90. The Morgan fingerprint density at radius 2 is 2.04 bits per heavy atom. The fourth-order valence-corrected chi connectivity index (χ4v) is 4.18. The Kier molecular flexibility index (Phi) is 5.88. The van der Waals surface area contributed by atoms with Crippen LogP contribution in [0.3, 0.4) is 0 Å². The summed E-state index contributed by atoms with van der Waals surface area (Å²) in [7, 11) is 0. The Morgan fingerprint density at radius 3 is 2.81 bits per heavy atom. The lowest BCUT2D eigenvalue weighted by atomic mass is 9.99. The van der Waals surface area contributed by atoms with Crippen molar-refractivity contribution in [3.8, 4) is 5.75 Å². The van der Waals surface area contributed by atoms with Crippen molar-refractivity contribution in [1.29, 1.82) is 0 Å². The number of morpholine rings is 1. The Balaban J connectivity index is 1.38. The summed E-state index contributed by atoms with van der Waals surface area (Å²) in [6, 6.07) is 10.5. The molecule has 2 aliphatic heterocycles. The van der Waals surface area contributed by atoms with Crippen LogP contribution in [0.5, 0.6) is 5.75 Å².